The summed E-state index contributed by atoms with van der Waals surface area (Å²) in [5, 5.41) is 9.03. The minimum absolute atomic E-state index is 0.220. The van der Waals surface area contributed by atoms with E-state index < -0.39 is 29.2 Å². The van der Waals surface area contributed by atoms with Gasteiger partial charge in [-0.2, -0.15) is 0 Å². The number of carboxylic acid groups (broad SMARTS) is 1. The van der Waals surface area contributed by atoms with Gasteiger partial charge in [0.1, 0.15) is 0 Å². The van der Waals surface area contributed by atoms with Crippen molar-refractivity contribution in [2.75, 3.05) is 0 Å². The van der Waals surface area contributed by atoms with Crippen LogP contribution in [0.5, 0.6) is 0 Å². The molecule has 1 saturated carbocycles. The molecule has 2 rings (SSSR count). The number of carbonyl (C=O) groups excluding carboxylic acids is 2. The quantitative estimate of drug-likeness (QED) is 0.485. The van der Waals surface area contributed by atoms with Gasteiger partial charge in [-0.25, -0.2) is 0 Å². The number of aliphatic carboxylic acids is 1. The predicted octanol–water partition coefficient (Wildman–Crippen LogP) is 0.331. The zero-order valence-corrected chi connectivity index (χ0v) is 7.49. The SMILES string of the molecule is O=C1OC(=O)C2(C(=O)O)CCCCC12. The molecule has 2 unspecified atom stereocenters. The van der Waals surface area contributed by atoms with Crippen LogP contribution in [0.3, 0.4) is 0 Å². The Morgan fingerprint density at radius 1 is 1.43 bits per heavy atom. The largest absolute Gasteiger partial charge is 0.480 e. The van der Waals surface area contributed by atoms with Crippen molar-refractivity contribution < 1.29 is 24.2 Å². The molecule has 0 spiro atoms. The molecule has 76 valence electrons. The van der Waals surface area contributed by atoms with Crippen molar-refractivity contribution >= 4 is 17.9 Å². The Morgan fingerprint density at radius 3 is 2.71 bits per heavy atom. The van der Waals surface area contributed by atoms with E-state index >= 15 is 0 Å². The van der Waals surface area contributed by atoms with E-state index in [1.54, 1.807) is 0 Å². The summed E-state index contributed by atoms with van der Waals surface area (Å²) in [4.78, 5) is 33.6. The van der Waals surface area contributed by atoms with Crippen molar-refractivity contribution in [2.45, 2.75) is 25.7 Å². The minimum Gasteiger partial charge on any atom is -0.480 e. The van der Waals surface area contributed by atoms with Crippen LogP contribution in [0.2, 0.25) is 0 Å². The Hall–Kier alpha value is -1.39. The molecule has 0 bridgehead atoms. The maximum absolute atomic E-state index is 11.4. The molecule has 0 aromatic rings. The molecular formula is C9H10O5. The van der Waals surface area contributed by atoms with Crippen LogP contribution < -0.4 is 0 Å². The van der Waals surface area contributed by atoms with Gasteiger partial charge in [0.15, 0.2) is 5.41 Å². The molecule has 5 nitrogen and oxygen atoms in total. The van der Waals surface area contributed by atoms with Gasteiger partial charge in [0.25, 0.3) is 0 Å². The smallest absolute Gasteiger partial charge is 0.332 e. The van der Waals surface area contributed by atoms with E-state index in [1.807, 2.05) is 0 Å². The summed E-state index contributed by atoms with van der Waals surface area (Å²) >= 11 is 0. The number of hydrogen-bond donors (Lipinski definition) is 1. The fourth-order valence-electron chi connectivity index (χ4n) is 2.33. The van der Waals surface area contributed by atoms with Crippen LogP contribution in [-0.4, -0.2) is 23.0 Å². The monoisotopic (exact) mass is 198 g/mol. The molecule has 1 aliphatic carbocycles. The Bertz CT molecular complexity index is 321. The number of carboxylic acids is 1. The number of rotatable bonds is 1. The highest BCUT2D eigenvalue weighted by atomic mass is 16.6. The second-order valence-electron chi connectivity index (χ2n) is 3.78. The molecule has 14 heavy (non-hydrogen) atoms. The van der Waals surface area contributed by atoms with Crippen LogP contribution >= 0.6 is 0 Å². The summed E-state index contributed by atoms with van der Waals surface area (Å²) in [6.45, 7) is 0. The maximum Gasteiger partial charge on any atom is 0.332 e. The number of esters is 2. The van der Waals surface area contributed by atoms with E-state index in [1.165, 1.54) is 0 Å². The van der Waals surface area contributed by atoms with Gasteiger partial charge in [-0.3, -0.25) is 14.4 Å². The lowest BCUT2D eigenvalue weighted by molar-refractivity contribution is -0.163. The van der Waals surface area contributed by atoms with Crippen molar-refractivity contribution in [3.63, 3.8) is 0 Å². The molecule has 1 N–H and O–H groups in total. The average Bonchev–Trinajstić information content (AvgIpc) is 2.41. The predicted molar refractivity (Wildman–Crippen MR) is 43.1 cm³/mol. The van der Waals surface area contributed by atoms with E-state index in [0.717, 1.165) is 6.42 Å². The van der Waals surface area contributed by atoms with Crippen molar-refractivity contribution in [1.82, 2.24) is 0 Å². The third-order valence-corrected chi connectivity index (χ3v) is 3.13. The zero-order chi connectivity index (χ0) is 10.3. The fraction of sp³-hybridized carbons (Fsp3) is 0.667. The average molecular weight is 198 g/mol. The molecule has 1 aliphatic heterocycles. The molecule has 2 fully saturated rings. The standard InChI is InChI=1S/C9H10O5/c10-6-5-3-1-2-4-9(5,7(11)12)8(13)14-6/h5H,1-4H2,(H,11,12). The number of cyclic esters (lactones) is 2. The summed E-state index contributed by atoms with van der Waals surface area (Å²) in [6.07, 6.45) is 2.10. The van der Waals surface area contributed by atoms with E-state index in [-0.39, 0.29) is 6.42 Å². The Balaban J connectivity index is 2.45. The van der Waals surface area contributed by atoms with Crippen molar-refractivity contribution in [2.24, 2.45) is 11.3 Å². The van der Waals surface area contributed by atoms with E-state index in [2.05, 4.69) is 4.74 Å². The normalized spacial score (nSPS) is 36.4. The van der Waals surface area contributed by atoms with Crippen LogP contribution in [-0.2, 0) is 19.1 Å². The van der Waals surface area contributed by atoms with Crippen LogP contribution in [0.4, 0.5) is 0 Å². The summed E-state index contributed by atoms with van der Waals surface area (Å²) in [5.41, 5.74) is -1.57. The van der Waals surface area contributed by atoms with E-state index in [4.69, 9.17) is 5.11 Å². The van der Waals surface area contributed by atoms with E-state index in [9.17, 15) is 14.4 Å². The third-order valence-electron chi connectivity index (χ3n) is 3.13. The molecule has 1 saturated heterocycles. The van der Waals surface area contributed by atoms with Gasteiger partial charge >= 0.3 is 17.9 Å². The molecule has 0 aromatic heterocycles. The second kappa shape index (κ2) is 2.80. The topological polar surface area (TPSA) is 80.7 Å². The molecule has 2 aliphatic rings. The first-order valence-corrected chi connectivity index (χ1v) is 4.58. The Morgan fingerprint density at radius 2 is 2.14 bits per heavy atom. The van der Waals surface area contributed by atoms with Crippen LogP contribution in [0, 0.1) is 11.3 Å². The maximum atomic E-state index is 11.4. The highest BCUT2D eigenvalue weighted by Gasteiger charge is 2.63. The van der Waals surface area contributed by atoms with Gasteiger partial charge in [-0.05, 0) is 12.8 Å². The summed E-state index contributed by atoms with van der Waals surface area (Å²) in [6, 6.07) is 0. The summed E-state index contributed by atoms with van der Waals surface area (Å²) in [5.74, 6) is -3.53. The van der Waals surface area contributed by atoms with Crippen LogP contribution in [0.1, 0.15) is 25.7 Å². The van der Waals surface area contributed by atoms with Crippen molar-refractivity contribution in [3.8, 4) is 0 Å². The lowest BCUT2D eigenvalue weighted by Gasteiger charge is -2.29. The van der Waals surface area contributed by atoms with Crippen LogP contribution in [0.15, 0.2) is 0 Å². The summed E-state index contributed by atoms with van der Waals surface area (Å²) < 4.78 is 4.41. The van der Waals surface area contributed by atoms with Gasteiger partial charge < -0.3 is 9.84 Å². The van der Waals surface area contributed by atoms with Gasteiger partial charge in [0.05, 0.1) is 5.92 Å². The molecule has 5 heteroatoms. The van der Waals surface area contributed by atoms with Crippen molar-refractivity contribution in [1.29, 1.82) is 0 Å². The lowest BCUT2D eigenvalue weighted by atomic mass is 9.68. The highest BCUT2D eigenvalue weighted by Crippen LogP contribution is 2.47. The Labute approximate surface area is 80.0 Å². The van der Waals surface area contributed by atoms with E-state index in [0.29, 0.717) is 12.8 Å². The lowest BCUT2D eigenvalue weighted by Crippen LogP contribution is -2.43. The molecule has 0 aromatic carbocycles. The number of ether oxygens (including phenoxy) is 1. The first-order chi connectivity index (χ1) is 6.59. The number of carbonyl (C=O) groups is 3. The zero-order valence-electron chi connectivity index (χ0n) is 7.49. The Kier molecular flexibility index (Phi) is 1.83. The van der Waals surface area contributed by atoms with Crippen molar-refractivity contribution in [3.05, 3.63) is 0 Å². The minimum atomic E-state index is -1.57. The molecule has 1 heterocycles. The summed E-state index contributed by atoms with van der Waals surface area (Å²) in [7, 11) is 0. The molecule has 0 amide bonds. The fourth-order valence-corrected chi connectivity index (χ4v) is 2.33. The van der Waals surface area contributed by atoms with Crippen LogP contribution in [0.25, 0.3) is 0 Å². The van der Waals surface area contributed by atoms with Gasteiger partial charge in [0.2, 0.25) is 0 Å². The number of fused-ring (bicyclic) bond motifs is 1. The number of hydrogen-bond acceptors (Lipinski definition) is 4. The molecular weight excluding hydrogens is 188 g/mol. The molecule has 0 radical (unpaired) electrons. The van der Waals surface area contributed by atoms with Gasteiger partial charge in [-0.1, -0.05) is 12.8 Å². The highest BCUT2D eigenvalue weighted by molar-refractivity contribution is 6.11. The first-order valence-electron chi connectivity index (χ1n) is 4.58. The first kappa shape index (κ1) is 9.18. The second-order valence-corrected chi connectivity index (χ2v) is 3.78. The van der Waals surface area contributed by atoms with Gasteiger partial charge in [0, 0.05) is 0 Å². The third kappa shape index (κ3) is 0.921. The molecule has 2 atom stereocenters. The van der Waals surface area contributed by atoms with Gasteiger partial charge in [-0.15, -0.1) is 0 Å².